The molecule has 1 aromatic rings. The van der Waals surface area contributed by atoms with Gasteiger partial charge < -0.3 is 25.4 Å². The zero-order chi connectivity index (χ0) is 17.8. The van der Waals surface area contributed by atoms with Crippen molar-refractivity contribution < 1.29 is 19.0 Å². The minimum atomic E-state index is -0.377. The van der Waals surface area contributed by atoms with Gasteiger partial charge in [0, 0.05) is 30.9 Å². The van der Waals surface area contributed by atoms with Crippen molar-refractivity contribution in [2.45, 2.75) is 38.0 Å². The van der Waals surface area contributed by atoms with Gasteiger partial charge in [0.05, 0.1) is 25.4 Å². The second-order valence-corrected chi connectivity index (χ2v) is 6.73. The first-order valence-corrected chi connectivity index (χ1v) is 8.88. The number of morpholine rings is 1. The first kappa shape index (κ1) is 18.1. The molecule has 2 heterocycles. The van der Waals surface area contributed by atoms with Gasteiger partial charge in [0.2, 0.25) is 5.91 Å². The fourth-order valence-corrected chi connectivity index (χ4v) is 3.39. The van der Waals surface area contributed by atoms with Crippen LogP contribution in [0.4, 0.5) is 10.1 Å². The molecule has 3 N–H and O–H groups in total. The summed E-state index contributed by atoms with van der Waals surface area (Å²) in [6.07, 6.45) is 1.12. The highest BCUT2D eigenvalue weighted by atomic mass is 19.1. The van der Waals surface area contributed by atoms with Crippen LogP contribution in [0.1, 0.15) is 31.4 Å². The number of carbonyl (C=O) groups is 1. The zero-order valence-electron chi connectivity index (χ0n) is 14.5. The predicted octanol–water partition coefficient (Wildman–Crippen LogP) is 0.952. The Morgan fingerprint density at radius 2 is 2.20 bits per heavy atom. The summed E-state index contributed by atoms with van der Waals surface area (Å²) >= 11 is 0. The second kappa shape index (κ2) is 8.12. The Kier molecular flexibility index (Phi) is 5.88. The van der Waals surface area contributed by atoms with Crippen LogP contribution in [0.25, 0.3) is 0 Å². The molecule has 0 bridgehead atoms. The molecule has 3 rings (SSSR count). The SMILES string of the molecule is C[C@@H](NC(=O)[C@H]1COCCN1)c1cc(F)ccc1N1CCC(O)CC1. The molecule has 6 nitrogen and oxygen atoms in total. The van der Waals surface area contributed by atoms with Gasteiger partial charge in [-0.15, -0.1) is 0 Å². The monoisotopic (exact) mass is 351 g/mol. The lowest BCUT2D eigenvalue weighted by atomic mass is 10.0. The summed E-state index contributed by atoms with van der Waals surface area (Å²) in [4.78, 5) is 14.5. The van der Waals surface area contributed by atoms with E-state index in [-0.39, 0.29) is 29.9 Å². The van der Waals surface area contributed by atoms with E-state index in [0.29, 0.717) is 32.6 Å². The van der Waals surface area contributed by atoms with Crippen LogP contribution in [0.5, 0.6) is 0 Å². The summed E-state index contributed by atoms with van der Waals surface area (Å²) in [6, 6.07) is 3.98. The van der Waals surface area contributed by atoms with Gasteiger partial charge in [0.15, 0.2) is 0 Å². The smallest absolute Gasteiger partial charge is 0.240 e. The molecule has 0 aliphatic carbocycles. The fourth-order valence-electron chi connectivity index (χ4n) is 3.39. The summed E-state index contributed by atoms with van der Waals surface area (Å²) < 4.78 is 19.1. The molecule has 138 valence electrons. The molecule has 0 unspecified atom stereocenters. The molecule has 0 saturated carbocycles. The molecule has 2 saturated heterocycles. The van der Waals surface area contributed by atoms with Crippen molar-refractivity contribution in [1.29, 1.82) is 0 Å². The van der Waals surface area contributed by atoms with Crippen molar-refractivity contribution >= 4 is 11.6 Å². The second-order valence-electron chi connectivity index (χ2n) is 6.73. The number of carbonyl (C=O) groups excluding carboxylic acids is 1. The summed E-state index contributed by atoms with van der Waals surface area (Å²) in [7, 11) is 0. The van der Waals surface area contributed by atoms with E-state index >= 15 is 0 Å². The number of anilines is 1. The first-order chi connectivity index (χ1) is 12.0. The van der Waals surface area contributed by atoms with Gasteiger partial charge in [-0.2, -0.15) is 0 Å². The largest absolute Gasteiger partial charge is 0.393 e. The first-order valence-electron chi connectivity index (χ1n) is 8.88. The highest BCUT2D eigenvalue weighted by molar-refractivity contribution is 5.82. The molecule has 25 heavy (non-hydrogen) atoms. The average Bonchev–Trinajstić information content (AvgIpc) is 2.63. The molecular formula is C18H26FN3O3. The third-order valence-electron chi connectivity index (χ3n) is 4.86. The van der Waals surface area contributed by atoms with Crippen molar-refractivity contribution in [1.82, 2.24) is 10.6 Å². The minimum Gasteiger partial charge on any atom is -0.393 e. The number of aliphatic hydroxyl groups excluding tert-OH is 1. The number of hydrogen-bond donors (Lipinski definition) is 3. The molecule has 1 aromatic carbocycles. The van der Waals surface area contributed by atoms with Gasteiger partial charge >= 0.3 is 0 Å². The number of hydrogen-bond acceptors (Lipinski definition) is 5. The van der Waals surface area contributed by atoms with E-state index < -0.39 is 0 Å². The maximum atomic E-state index is 13.8. The zero-order valence-corrected chi connectivity index (χ0v) is 14.5. The molecule has 2 aliphatic rings. The standard InChI is InChI=1S/C18H26FN3O3/c1-12(21-18(24)16-11-25-9-6-20-16)15-10-13(19)2-3-17(15)22-7-4-14(23)5-8-22/h2-3,10,12,14,16,20,23H,4-9,11H2,1H3,(H,21,24)/t12-,16-/m1/s1. The Hall–Kier alpha value is -1.70. The maximum Gasteiger partial charge on any atom is 0.240 e. The third kappa shape index (κ3) is 4.48. The van der Waals surface area contributed by atoms with Crippen LogP contribution in [0.15, 0.2) is 18.2 Å². The number of piperidine rings is 1. The number of amides is 1. The summed E-state index contributed by atoms with van der Waals surface area (Å²) in [5.74, 6) is -0.465. The molecule has 1 amide bonds. The Bertz CT molecular complexity index is 599. The van der Waals surface area contributed by atoms with E-state index in [1.165, 1.54) is 12.1 Å². The Morgan fingerprint density at radius 1 is 1.44 bits per heavy atom. The summed E-state index contributed by atoms with van der Waals surface area (Å²) in [5, 5.41) is 15.8. The molecule has 7 heteroatoms. The van der Waals surface area contributed by atoms with Gasteiger partial charge in [0.25, 0.3) is 0 Å². The van der Waals surface area contributed by atoms with Gasteiger partial charge in [0.1, 0.15) is 11.9 Å². The fraction of sp³-hybridized carbons (Fsp3) is 0.611. The van der Waals surface area contributed by atoms with Crippen molar-refractivity contribution in [3.63, 3.8) is 0 Å². The van der Waals surface area contributed by atoms with Crippen LogP contribution in [0, 0.1) is 5.82 Å². The highest BCUT2D eigenvalue weighted by Crippen LogP contribution is 2.29. The van der Waals surface area contributed by atoms with E-state index in [9.17, 15) is 14.3 Å². The van der Waals surface area contributed by atoms with Crippen LogP contribution >= 0.6 is 0 Å². The van der Waals surface area contributed by atoms with Crippen LogP contribution in [-0.4, -0.2) is 56.0 Å². The molecule has 2 atom stereocenters. The number of nitrogens with zero attached hydrogens (tertiary/aromatic N) is 1. The van der Waals surface area contributed by atoms with Crippen molar-refractivity contribution in [2.75, 3.05) is 37.7 Å². The van der Waals surface area contributed by atoms with E-state index in [1.807, 2.05) is 6.92 Å². The summed E-state index contributed by atoms with van der Waals surface area (Å²) in [6.45, 7) is 4.90. The van der Waals surface area contributed by atoms with Gasteiger partial charge in [-0.05, 0) is 38.0 Å². The Balaban J connectivity index is 1.73. The third-order valence-corrected chi connectivity index (χ3v) is 4.86. The van der Waals surface area contributed by atoms with E-state index in [2.05, 4.69) is 15.5 Å². The molecule has 0 spiro atoms. The van der Waals surface area contributed by atoms with Crippen LogP contribution in [-0.2, 0) is 9.53 Å². The van der Waals surface area contributed by atoms with Crippen molar-refractivity contribution in [2.24, 2.45) is 0 Å². The quantitative estimate of drug-likeness (QED) is 0.753. The van der Waals surface area contributed by atoms with Crippen LogP contribution in [0.3, 0.4) is 0 Å². The maximum absolute atomic E-state index is 13.8. The minimum absolute atomic E-state index is 0.142. The predicted molar refractivity (Wildman–Crippen MR) is 93.0 cm³/mol. The van der Waals surface area contributed by atoms with E-state index in [0.717, 1.165) is 24.3 Å². The van der Waals surface area contributed by atoms with Crippen LogP contribution < -0.4 is 15.5 Å². The number of ether oxygens (including phenoxy) is 1. The average molecular weight is 351 g/mol. The lowest BCUT2D eigenvalue weighted by Crippen LogP contribution is -2.51. The number of rotatable bonds is 4. The normalized spacial score (nSPS) is 23.3. The molecule has 2 aliphatic heterocycles. The Morgan fingerprint density at radius 3 is 2.88 bits per heavy atom. The Labute approximate surface area is 147 Å². The number of benzene rings is 1. The van der Waals surface area contributed by atoms with Crippen molar-refractivity contribution in [3.05, 3.63) is 29.6 Å². The van der Waals surface area contributed by atoms with Gasteiger partial charge in [-0.25, -0.2) is 4.39 Å². The molecule has 0 radical (unpaired) electrons. The van der Waals surface area contributed by atoms with Crippen LogP contribution in [0.2, 0.25) is 0 Å². The summed E-state index contributed by atoms with van der Waals surface area (Å²) in [5.41, 5.74) is 1.66. The molecule has 0 aromatic heterocycles. The lowest BCUT2D eigenvalue weighted by molar-refractivity contribution is -0.126. The van der Waals surface area contributed by atoms with Gasteiger partial charge in [-0.3, -0.25) is 4.79 Å². The van der Waals surface area contributed by atoms with Gasteiger partial charge in [-0.1, -0.05) is 0 Å². The lowest BCUT2D eigenvalue weighted by Gasteiger charge is -2.34. The molecular weight excluding hydrogens is 325 g/mol. The van der Waals surface area contributed by atoms with E-state index in [4.69, 9.17) is 4.74 Å². The highest BCUT2D eigenvalue weighted by Gasteiger charge is 2.25. The topological polar surface area (TPSA) is 73.8 Å². The number of nitrogens with one attached hydrogen (secondary N) is 2. The molecule has 2 fully saturated rings. The van der Waals surface area contributed by atoms with Crippen molar-refractivity contribution in [3.8, 4) is 0 Å². The number of aliphatic hydroxyl groups is 1. The van der Waals surface area contributed by atoms with E-state index in [1.54, 1.807) is 6.07 Å². The number of halogens is 1.